The molecule has 0 saturated heterocycles. The van der Waals surface area contributed by atoms with E-state index in [2.05, 4.69) is 34.4 Å². The van der Waals surface area contributed by atoms with Crippen LogP contribution in [0.4, 0.5) is 27.5 Å². The SMILES string of the molecule is COC(=O)CC1(C)CN(c2nc(Nc3cc4c(cc3OC)CCN(C)C4)ncc2Cl)c2ccc(F)cc21. The third-order valence-corrected chi connectivity index (χ3v) is 7.39. The van der Waals surface area contributed by atoms with Crippen LogP contribution in [0.2, 0.25) is 5.02 Å². The molecule has 0 bridgehead atoms. The van der Waals surface area contributed by atoms with Crippen LogP contribution >= 0.6 is 11.6 Å². The van der Waals surface area contributed by atoms with E-state index in [9.17, 15) is 9.18 Å². The minimum atomic E-state index is -0.694. The lowest BCUT2D eigenvalue weighted by Gasteiger charge is -2.26. The molecular weight excluding hydrogens is 497 g/mol. The molecule has 0 spiro atoms. The first kappa shape index (κ1) is 25.2. The van der Waals surface area contributed by atoms with Crippen LogP contribution in [-0.2, 0) is 27.9 Å². The average Bonchev–Trinajstić information content (AvgIpc) is 3.15. The molecule has 194 valence electrons. The minimum absolute atomic E-state index is 0.0883. The summed E-state index contributed by atoms with van der Waals surface area (Å²) in [5.41, 5.74) is 3.98. The van der Waals surface area contributed by atoms with Crippen molar-refractivity contribution in [3.8, 4) is 5.75 Å². The van der Waals surface area contributed by atoms with E-state index in [0.717, 1.165) is 30.9 Å². The van der Waals surface area contributed by atoms with Gasteiger partial charge in [-0.05, 0) is 60.5 Å². The molecule has 1 aromatic heterocycles. The van der Waals surface area contributed by atoms with E-state index in [1.807, 2.05) is 11.8 Å². The van der Waals surface area contributed by atoms with E-state index in [-0.39, 0.29) is 18.2 Å². The first-order chi connectivity index (χ1) is 17.7. The number of benzene rings is 2. The average molecular weight is 526 g/mol. The van der Waals surface area contributed by atoms with E-state index in [0.29, 0.717) is 34.6 Å². The van der Waals surface area contributed by atoms with Crippen molar-refractivity contribution in [2.45, 2.75) is 31.7 Å². The first-order valence-electron chi connectivity index (χ1n) is 12.0. The quantitative estimate of drug-likeness (QED) is 0.451. The second kappa shape index (κ2) is 9.79. The van der Waals surface area contributed by atoms with Gasteiger partial charge in [0.15, 0.2) is 5.82 Å². The molecule has 8 nitrogen and oxygen atoms in total. The van der Waals surface area contributed by atoms with Crippen LogP contribution in [0.25, 0.3) is 0 Å². The lowest BCUT2D eigenvalue weighted by molar-refractivity contribution is -0.141. The van der Waals surface area contributed by atoms with Crippen molar-refractivity contribution in [1.29, 1.82) is 0 Å². The molecule has 0 radical (unpaired) electrons. The second-order valence-electron chi connectivity index (χ2n) is 9.86. The van der Waals surface area contributed by atoms with Crippen molar-refractivity contribution in [3.05, 3.63) is 64.1 Å². The number of methoxy groups -OCH3 is 2. The summed E-state index contributed by atoms with van der Waals surface area (Å²) in [6, 6.07) is 8.66. The van der Waals surface area contributed by atoms with Crippen molar-refractivity contribution in [1.82, 2.24) is 14.9 Å². The van der Waals surface area contributed by atoms with Crippen LogP contribution in [0.15, 0.2) is 36.5 Å². The van der Waals surface area contributed by atoms with Crippen LogP contribution in [0.1, 0.15) is 30.0 Å². The fourth-order valence-electron chi connectivity index (χ4n) is 5.20. The Kier molecular flexibility index (Phi) is 6.68. The number of hydrogen-bond donors (Lipinski definition) is 1. The molecule has 0 amide bonds. The maximum atomic E-state index is 14.2. The Labute approximate surface area is 220 Å². The van der Waals surface area contributed by atoms with Gasteiger partial charge in [0.2, 0.25) is 5.95 Å². The summed E-state index contributed by atoms with van der Waals surface area (Å²) in [5, 5.41) is 3.62. The minimum Gasteiger partial charge on any atom is -0.495 e. The van der Waals surface area contributed by atoms with Crippen molar-refractivity contribution < 1.29 is 18.7 Å². The largest absolute Gasteiger partial charge is 0.495 e. The Morgan fingerprint density at radius 3 is 2.81 bits per heavy atom. The molecule has 2 aromatic carbocycles. The zero-order valence-electron chi connectivity index (χ0n) is 21.3. The molecule has 2 aliphatic heterocycles. The Hall–Kier alpha value is -3.43. The summed E-state index contributed by atoms with van der Waals surface area (Å²) in [6.07, 6.45) is 2.58. The summed E-state index contributed by atoms with van der Waals surface area (Å²) in [5.74, 6) is 0.749. The lowest BCUT2D eigenvalue weighted by atomic mass is 9.81. The van der Waals surface area contributed by atoms with Gasteiger partial charge in [-0.3, -0.25) is 4.79 Å². The zero-order valence-corrected chi connectivity index (χ0v) is 22.0. The smallest absolute Gasteiger partial charge is 0.306 e. The van der Waals surface area contributed by atoms with E-state index in [1.165, 1.54) is 36.6 Å². The number of aromatic nitrogens is 2. The molecule has 1 N–H and O–H groups in total. The van der Waals surface area contributed by atoms with Gasteiger partial charge in [-0.15, -0.1) is 0 Å². The normalized spacial score (nSPS) is 18.8. The van der Waals surface area contributed by atoms with Gasteiger partial charge in [0.25, 0.3) is 0 Å². The van der Waals surface area contributed by atoms with Crippen LogP contribution in [0, 0.1) is 5.82 Å². The zero-order chi connectivity index (χ0) is 26.3. The molecule has 1 unspecified atom stereocenters. The van der Waals surface area contributed by atoms with Crippen LogP contribution < -0.4 is 15.0 Å². The summed E-state index contributed by atoms with van der Waals surface area (Å²) in [4.78, 5) is 25.5. The van der Waals surface area contributed by atoms with Crippen molar-refractivity contribution in [2.75, 3.05) is 44.6 Å². The molecule has 1 atom stereocenters. The molecule has 37 heavy (non-hydrogen) atoms. The molecule has 5 rings (SSSR count). The number of rotatable bonds is 6. The topological polar surface area (TPSA) is 79.8 Å². The number of carbonyl (C=O) groups excluding carboxylic acids is 1. The van der Waals surface area contributed by atoms with Gasteiger partial charge in [-0.25, -0.2) is 9.37 Å². The van der Waals surface area contributed by atoms with Crippen LogP contribution in [0.5, 0.6) is 5.75 Å². The van der Waals surface area contributed by atoms with Gasteiger partial charge < -0.3 is 24.6 Å². The van der Waals surface area contributed by atoms with Gasteiger partial charge in [-0.1, -0.05) is 18.5 Å². The molecule has 2 aliphatic rings. The van der Waals surface area contributed by atoms with Gasteiger partial charge in [0, 0.05) is 30.7 Å². The highest BCUT2D eigenvalue weighted by molar-refractivity contribution is 6.33. The van der Waals surface area contributed by atoms with Gasteiger partial charge in [0.05, 0.1) is 32.5 Å². The molecule has 10 heteroatoms. The number of nitrogens with one attached hydrogen (secondary N) is 1. The van der Waals surface area contributed by atoms with Crippen molar-refractivity contribution in [3.63, 3.8) is 0 Å². The highest BCUT2D eigenvalue weighted by atomic mass is 35.5. The predicted octanol–water partition coefficient (Wildman–Crippen LogP) is 4.98. The first-order valence-corrected chi connectivity index (χ1v) is 12.4. The van der Waals surface area contributed by atoms with Crippen LogP contribution in [0.3, 0.4) is 0 Å². The summed E-state index contributed by atoms with van der Waals surface area (Å²) >= 11 is 6.58. The standard InChI is InChI=1S/C27H29ClFN5O3/c1-27(12-24(35)37-4)15-34(22-6-5-18(29)11-19(22)27)25-20(28)13-30-26(32-25)31-21-9-17-14-33(2)8-7-16(17)10-23(21)36-3/h5-6,9-11,13H,7-8,12,14-15H2,1-4H3,(H,30,31,32). The Morgan fingerprint density at radius 2 is 2.05 bits per heavy atom. The number of halogens is 2. The Bertz CT molecular complexity index is 1370. The number of fused-ring (bicyclic) bond motifs is 2. The van der Waals surface area contributed by atoms with Gasteiger partial charge in [-0.2, -0.15) is 4.98 Å². The number of nitrogens with zero attached hydrogens (tertiary/aromatic N) is 4. The van der Waals surface area contributed by atoms with E-state index < -0.39 is 5.41 Å². The van der Waals surface area contributed by atoms with Crippen molar-refractivity contribution >= 4 is 40.7 Å². The molecule has 0 fully saturated rings. The molecular formula is C27H29ClFN5O3. The summed E-state index contributed by atoms with van der Waals surface area (Å²) in [6.45, 7) is 4.13. The van der Waals surface area contributed by atoms with Crippen molar-refractivity contribution in [2.24, 2.45) is 0 Å². The number of carbonyl (C=O) groups is 1. The Morgan fingerprint density at radius 1 is 1.24 bits per heavy atom. The maximum Gasteiger partial charge on any atom is 0.306 e. The predicted molar refractivity (Wildman–Crippen MR) is 141 cm³/mol. The number of esters is 1. The number of likely N-dealkylation sites (N-methyl/N-ethyl adjacent to an activating group) is 1. The van der Waals surface area contributed by atoms with E-state index >= 15 is 0 Å². The fourth-order valence-corrected chi connectivity index (χ4v) is 5.39. The highest BCUT2D eigenvalue weighted by Crippen LogP contribution is 2.47. The maximum absolute atomic E-state index is 14.2. The lowest BCUT2D eigenvalue weighted by Crippen LogP contribution is -2.32. The molecule has 0 aliphatic carbocycles. The number of ether oxygens (including phenoxy) is 2. The fraction of sp³-hybridized carbons (Fsp3) is 0.370. The monoisotopic (exact) mass is 525 g/mol. The number of hydrogen-bond acceptors (Lipinski definition) is 8. The summed E-state index contributed by atoms with van der Waals surface area (Å²) < 4.78 is 24.8. The van der Waals surface area contributed by atoms with Crippen LogP contribution in [-0.4, -0.2) is 55.2 Å². The molecule has 3 heterocycles. The third kappa shape index (κ3) is 4.81. The second-order valence-corrected chi connectivity index (χ2v) is 10.3. The van der Waals surface area contributed by atoms with Gasteiger partial charge in [0.1, 0.15) is 16.6 Å². The molecule has 0 saturated carbocycles. The van der Waals surface area contributed by atoms with E-state index in [1.54, 1.807) is 13.2 Å². The summed E-state index contributed by atoms with van der Waals surface area (Å²) in [7, 11) is 5.08. The van der Waals surface area contributed by atoms with Gasteiger partial charge >= 0.3 is 5.97 Å². The Balaban J connectivity index is 1.51. The third-order valence-electron chi connectivity index (χ3n) is 7.12. The van der Waals surface area contributed by atoms with E-state index in [4.69, 9.17) is 26.1 Å². The molecule has 3 aromatic rings. The highest BCUT2D eigenvalue weighted by Gasteiger charge is 2.42. The number of anilines is 4.